The molecule has 0 aliphatic carbocycles. The summed E-state index contributed by atoms with van der Waals surface area (Å²) in [5, 5.41) is 2.46. The first-order valence-electron chi connectivity index (χ1n) is 2.30. The lowest BCUT2D eigenvalue weighted by molar-refractivity contribution is 0.178. The Hall–Kier alpha value is -0.990. The second-order valence-electron chi connectivity index (χ2n) is 1.06. The van der Waals surface area contributed by atoms with E-state index in [1.807, 2.05) is 0 Å². The average molecular weight is 115 g/mol. The van der Waals surface area contributed by atoms with Crippen LogP contribution in [0.15, 0.2) is 13.2 Å². The lowest BCUT2D eigenvalue weighted by Crippen LogP contribution is -2.11. The summed E-state index contributed by atoms with van der Waals surface area (Å²) < 4.78 is 4.40. The molecule has 3 heteroatoms. The van der Waals surface area contributed by atoms with E-state index in [1.165, 1.54) is 0 Å². The van der Waals surface area contributed by atoms with E-state index in [0.717, 1.165) is 0 Å². The zero-order valence-corrected chi connectivity index (χ0v) is 4.64. The van der Waals surface area contributed by atoms with Crippen LogP contribution >= 0.6 is 0 Å². The zero-order chi connectivity index (χ0) is 6.41. The van der Waals surface area contributed by atoms with Gasteiger partial charge in [0.05, 0.1) is 6.54 Å². The van der Waals surface area contributed by atoms with Gasteiger partial charge in [-0.15, -0.1) is 13.2 Å². The standard InChI is InChI=1S/C3H5NO2.C2H4/c5-3-4-1-2-6-3;1-2/h1-2H2,(H,4,5);1-2H2. The third-order valence-electron chi connectivity index (χ3n) is 0.605. The zero-order valence-electron chi connectivity index (χ0n) is 4.64. The van der Waals surface area contributed by atoms with E-state index in [2.05, 4.69) is 23.2 Å². The number of ether oxygens (including phenoxy) is 1. The molecule has 3 nitrogen and oxygen atoms in total. The minimum atomic E-state index is -0.296. The highest BCUT2D eigenvalue weighted by Crippen LogP contribution is 1.82. The second-order valence-corrected chi connectivity index (χ2v) is 1.06. The molecule has 0 radical (unpaired) electrons. The fourth-order valence-corrected chi connectivity index (χ4v) is 0.348. The maximum atomic E-state index is 9.91. The summed E-state index contributed by atoms with van der Waals surface area (Å²) in [6.07, 6.45) is -0.296. The van der Waals surface area contributed by atoms with Gasteiger partial charge >= 0.3 is 6.09 Å². The summed E-state index contributed by atoms with van der Waals surface area (Å²) in [5.74, 6) is 0. The number of hydrogen-bond acceptors (Lipinski definition) is 2. The number of alkyl carbamates (subject to hydrolysis) is 1. The van der Waals surface area contributed by atoms with Crippen LogP contribution in [-0.4, -0.2) is 19.2 Å². The molecule has 0 aromatic heterocycles. The number of rotatable bonds is 0. The molecule has 0 aromatic rings. The Kier molecular flexibility index (Phi) is 3.66. The molecule has 0 atom stereocenters. The molecule has 8 heavy (non-hydrogen) atoms. The molecular formula is C5H9NO2. The molecule has 1 aliphatic rings. The molecule has 1 aliphatic heterocycles. The van der Waals surface area contributed by atoms with Crippen LogP contribution in [0.25, 0.3) is 0 Å². The predicted octanol–water partition coefficient (Wildman–Crippen LogP) is 0.528. The van der Waals surface area contributed by atoms with Gasteiger partial charge in [0, 0.05) is 0 Å². The number of hydrogen-bond donors (Lipinski definition) is 1. The van der Waals surface area contributed by atoms with Crippen LogP contribution in [0.5, 0.6) is 0 Å². The van der Waals surface area contributed by atoms with E-state index in [9.17, 15) is 4.79 Å². The normalized spacial score (nSPS) is 15.2. The highest BCUT2D eigenvalue weighted by atomic mass is 16.6. The van der Waals surface area contributed by atoms with Gasteiger partial charge in [-0.25, -0.2) is 4.79 Å². The van der Waals surface area contributed by atoms with Crippen molar-refractivity contribution in [2.24, 2.45) is 0 Å². The van der Waals surface area contributed by atoms with Gasteiger partial charge in [0.25, 0.3) is 0 Å². The van der Waals surface area contributed by atoms with Crippen LogP contribution in [-0.2, 0) is 4.74 Å². The van der Waals surface area contributed by atoms with Crippen molar-refractivity contribution in [3.05, 3.63) is 13.2 Å². The molecule has 0 spiro atoms. The molecular weight excluding hydrogens is 106 g/mol. The van der Waals surface area contributed by atoms with Gasteiger partial charge in [0.15, 0.2) is 0 Å². The first-order valence-corrected chi connectivity index (χ1v) is 2.30. The Morgan fingerprint density at radius 3 is 2.38 bits per heavy atom. The van der Waals surface area contributed by atoms with Crippen LogP contribution in [0.2, 0.25) is 0 Å². The summed E-state index contributed by atoms with van der Waals surface area (Å²) >= 11 is 0. The number of carbonyl (C=O) groups is 1. The summed E-state index contributed by atoms with van der Waals surface area (Å²) in [6.45, 7) is 7.19. The molecule has 1 amide bonds. The Morgan fingerprint density at radius 2 is 2.25 bits per heavy atom. The van der Waals surface area contributed by atoms with Gasteiger partial charge < -0.3 is 10.1 Å². The molecule has 1 saturated heterocycles. The molecule has 1 rings (SSSR count). The molecule has 0 unspecified atom stereocenters. The van der Waals surface area contributed by atoms with E-state index in [4.69, 9.17) is 0 Å². The Labute approximate surface area is 48.3 Å². The van der Waals surface area contributed by atoms with Crippen LogP contribution in [0, 0.1) is 0 Å². The van der Waals surface area contributed by atoms with Crippen molar-refractivity contribution in [1.29, 1.82) is 0 Å². The number of cyclic esters (lactones) is 1. The monoisotopic (exact) mass is 115 g/mol. The van der Waals surface area contributed by atoms with Crippen LogP contribution in [0.3, 0.4) is 0 Å². The van der Waals surface area contributed by atoms with E-state index < -0.39 is 0 Å². The third-order valence-corrected chi connectivity index (χ3v) is 0.605. The first-order chi connectivity index (χ1) is 3.89. The van der Waals surface area contributed by atoms with Crippen molar-refractivity contribution < 1.29 is 9.53 Å². The fourth-order valence-electron chi connectivity index (χ4n) is 0.348. The van der Waals surface area contributed by atoms with Gasteiger partial charge in [-0.1, -0.05) is 0 Å². The fraction of sp³-hybridized carbons (Fsp3) is 0.400. The highest BCUT2D eigenvalue weighted by Gasteiger charge is 2.06. The first kappa shape index (κ1) is 7.01. The van der Waals surface area contributed by atoms with Crippen LogP contribution in [0.4, 0.5) is 4.79 Å². The van der Waals surface area contributed by atoms with Gasteiger partial charge in [0.2, 0.25) is 0 Å². The summed E-state index contributed by atoms with van der Waals surface area (Å²) in [7, 11) is 0. The van der Waals surface area contributed by atoms with Crippen molar-refractivity contribution in [2.75, 3.05) is 13.2 Å². The minimum Gasteiger partial charge on any atom is -0.448 e. The molecule has 1 N–H and O–H groups in total. The van der Waals surface area contributed by atoms with Crippen LogP contribution < -0.4 is 5.32 Å². The van der Waals surface area contributed by atoms with Crippen LogP contribution in [0.1, 0.15) is 0 Å². The van der Waals surface area contributed by atoms with E-state index in [1.54, 1.807) is 0 Å². The van der Waals surface area contributed by atoms with Crippen molar-refractivity contribution in [3.8, 4) is 0 Å². The average Bonchev–Trinajstić information content (AvgIpc) is 2.24. The molecule has 0 bridgehead atoms. The Balaban J connectivity index is 0.000000222. The number of amides is 1. The van der Waals surface area contributed by atoms with Crippen molar-refractivity contribution in [3.63, 3.8) is 0 Å². The van der Waals surface area contributed by atoms with Crippen molar-refractivity contribution in [2.45, 2.75) is 0 Å². The molecule has 0 saturated carbocycles. The second kappa shape index (κ2) is 4.18. The minimum absolute atomic E-state index is 0.296. The van der Waals surface area contributed by atoms with Crippen molar-refractivity contribution >= 4 is 6.09 Å². The lowest BCUT2D eigenvalue weighted by Gasteiger charge is -1.80. The SMILES string of the molecule is C=C.O=C1NCCO1. The molecule has 1 fully saturated rings. The highest BCUT2D eigenvalue weighted by molar-refractivity contribution is 5.68. The van der Waals surface area contributed by atoms with Gasteiger partial charge in [-0.2, -0.15) is 0 Å². The van der Waals surface area contributed by atoms with Gasteiger partial charge in [0.1, 0.15) is 6.61 Å². The molecule has 46 valence electrons. The summed E-state index contributed by atoms with van der Waals surface area (Å²) in [4.78, 5) is 9.91. The van der Waals surface area contributed by atoms with E-state index >= 15 is 0 Å². The topological polar surface area (TPSA) is 38.3 Å². The van der Waals surface area contributed by atoms with Gasteiger partial charge in [-0.05, 0) is 0 Å². The smallest absolute Gasteiger partial charge is 0.407 e. The maximum absolute atomic E-state index is 9.91. The largest absolute Gasteiger partial charge is 0.448 e. The third kappa shape index (κ3) is 2.23. The van der Waals surface area contributed by atoms with Crippen molar-refractivity contribution in [1.82, 2.24) is 5.32 Å². The van der Waals surface area contributed by atoms with E-state index in [0.29, 0.717) is 13.2 Å². The quantitative estimate of drug-likeness (QED) is 0.467. The van der Waals surface area contributed by atoms with Gasteiger partial charge in [-0.3, -0.25) is 0 Å². The summed E-state index contributed by atoms with van der Waals surface area (Å²) in [6, 6.07) is 0. The summed E-state index contributed by atoms with van der Waals surface area (Å²) in [5.41, 5.74) is 0. The van der Waals surface area contributed by atoms with E-state index in [-0.39, 0.29) is 6.09 Å². The lowest BCUT2D eigenvalue weighted by atomic mass is 10.7. The Morgan fingerprint density at radius 1 is 1.62 bits per heavy atom. The maximum Gasteiger partial charge on any atom is 0.407 e. The predicted molar refractivity (Wildman–Crippen MR) is 30.6 cm³/mol. The number of carbonyl (C=O) groups excluding carboxylic acids is 1. The molecule has 1 heterocycles. The Bertz CT molecular complexity index is 74.5. The molecule has 0 aromatic carbocycles. The number of nitrogens with one attached hydrogen (secondary N) is 1.